The van der Waals surface area contributed by atoms with Gasteiger partial charge in [0.1, 0.15) is 12.1 Å². The number of aromatic nitrogens is 2. The molecule has 0 aliphatic carbocycles. The van der Waals surface area contributed by atoms with Crippen LogP contribution in [0.25, 0.3) is 0 Å². The highest BCUT2D eigenvalue weighted by Crippen LogP contribution is 2.21. The number of hydrogen-bond donors (Lipinski definition) is 1. The molecular weight excluding hydrogens is 164 g/mol. The monoisotopic (exact) mass is 178 g/mol. The second kappa shape index (κ2) is 3.30. The average Bonchev–Trinajstić information content (AvgIpc) is 2.49. The van der Waals surface area contributed by atoms with E-state index in [4.69, 9.17) is 5.73 Å². The highest BCUT2D eigenvalue weighted by atomic mass is 15.2. The van der Waals surface area contributed by atoms with E-state index >= 15 is 0 Å². The van der Waals surface area contributed by atoms with Gasteiger partial charge in [0, 0.05) is 24.8 Å². The molecule has 0 amide bonds. The number of nitrogens with two attached hydrogens (primary N) is 1. The maximum Gasteiger partial charge on any atom is 0.132 e. The fourth-order valence-electron chi connectivity index (χ4n) is 1.74. The number of hydrogen-bond acceptors (Lipinski definition) is 4. The summed E-state index contributed by atoms with van der Waals surface area (Å²) in [5.41, 5.74) is 5.92. The Kier molecular flexibility index (Phi) is 2.14. The minimum Gasteiger partial charge on any atom is -0.352 e. The lowest BCUT2D eigenvalue weighted by Crippen LogP contribution is -2.37. The first-order valence-corrected chi connectivity index (χ1v) is 4.57. The zero-order valence-electron chi connectivity index (χ0n) is 7.72. The molecule has 0 radical (unpaired) electrons. The third kappa shape index (κ3) is 1.49. The van der Waals surface area contributed by atoms with Gasteiger partial charge < -0.3 is 10.6 Å². The molecule has 70 valence electrons. The van der Waals surface area contributed by atoms with Crippen LogP contribution in [0, 0.1) is 0 Å². The number of nitrogens with zero attached hydrogens (tertiary/aromatic N) is 3. The SMILES string of the molecule is CC1C(N)CCN1c1ccncn1. The molecule has 4 nitrogen and oxygen atoms in total. The van der Waals surface area contributed by atoms with Gasteiger partial charge in [0.05, 0.1) is 0 Å². The average molecular weight is 178 g/mol. The second-order valence-corrected chi connectivity index (χ2v) is 3.45. The molecule has 4 heteroatoms. The lowest BCUT2D eigenvalue weighted by molar-refractivity contribution is 0.621. The van der Waals surface area contributed by atoms with Gasteiger partial charge in [0.25, 0.3) is 0 Å². The van der Waals surface area contributed by atoms with Gasteiger partial charge in [0.15, 0.2) is 0 Å². The summed E-state index contributed by atoms with van der Waals surface area (Å²) in [5.74, 6) is 0.982. The number of rotatable bonds is 1. The molecule has 0 saturated carbocycles. The molecule has 1 aliphatic rings. The third-order valence-corrected chi connectivity index (χ3v) is 2.68. The third-order valence-electron chi connectivity index (χ3n) is 2.68. The fourth-order valence-corrected chi connectivity index (χ4v) is 1.74. The highest BCUT2D eigenvalue weighted by molar-refractivity contribution is 5.40. The van der Waals surface area contributed by atoms with Gasteiger partial charge in [0.2, 0.25) is 0 Å². The Morgan fingerprint density at radius 3 is 3.00 bits per heavy atom. The van der Waals surface area contributed by atoms with Gasteiger partial charge in [-0.3, -0.25) is 0 Å². The van der Waals surface area contributed by atoms with Crippen LogP contribution in [0.1, 0.15) is 13.3 Å². The summed E-state index contributed by atoms with van der Waals surface area (Å²) in [6, 6.07) is 2.58. The van der Waals surface area contributed by atoms with Crippen LogP contribution in [0.3, 0.4) is 0 Å². The van der Waals surface area contributed by atoms with Crippen molar-refractivity contribution >= 4 is 5.82 Å². The largest absolute Gasteiger partial charge is 0.352 e. The maximum atomic E-state index is 5.92. The van der Waals surface area contributed by atoms with Crippen LogP contribution in [0.5, 0.6) is 0 Å². The van der Waals surface area contributed by atoms with Gasteiger partial charge in [-0.05, 0) is 19.4 Å². The van der Waals surface area contributed by atoms with Gasteiger partial charge in [-0.1, -0.05) is 0 Å². The second-order valence-electron chi connectivity index (χ2n) is 3.45. The van der Waals surface area contributed by atoms with Crippen LogP contribution < -0.4 is 10.6 Å². The van der Waals surface area contributed by atoms with Crippen molar-refractivity contribution in [2.45, 2.75) is 25.4 Å². The van der Waals surface area contributed by atoms with Crippen molar-refractivity contribution in [1.82, 2.24) is 9.97 Å². The van der Waals surface area contributed by atoms with Crippen molar-refractivity contribution in [3.8, 4) is 0 Å². The summed E-state index contributed by atoms with van der Waals surface area (Å²) in [4.78, 5) is 10.3. The van der Waals surface area contributed by atoms with E-state index in [-0.39, 0.29) is 6.04 Å². The van der Waals surface area contributed by atoms with Crippen LogP contribution in [0.2, 0.25) is 0 Å². The standard InChI is InChI=1S/C9H14N4/c1-7-8(10)3-5-13(7)9-2-4-11-6-12-9/h2,4,6-8H,3,5,10H2,1H3. The van der Waals surface area contributed by atoms with E-state index in [0.29, 0.717) is 6.04 Å². The molecule has 1 fully saturated rings. The zero-order valence-corrected chi connectivity index (χ0v) is 7.72. The molecule has 2 rings (SSSR count). The smallest absolute Gasteiger partial charge is 0.132 e. The van der Waals surface area contributed by atoms with E-state index in [1.165, 1.54) is 0 Å². The van der Waals surface area contributed by atoms with E-state index in [0.717, 1.165) is 18.8 Å². The first kappa shape index (κ1) is 8.44. The van der Waals surface area contributed by atoms with E-state index in [1.54, 1.807) is 12.5 Å². The molecule has 0 spiro atoms. The summed E-state index contributed by atoms with van der Waals surface area (Å²) in [7, 11) is 0. The van der Waals surface area contributed by atoms with Crippen LogP contribution in [-0.2, 0) is 0 Å². The first-order valence-electron chi connectivity index (χ1n) is 4.57. The molecule has 1 aliphatic heterocycles. The van der Waals surface area contributed by atoms with Crippen LogP contribution >= 0.6 is 0 Å². The molecule has 2 N–H and O–H groups in total. The van der Waals surface area contributed by atoms with Gasteiger partial charge in [-0.25, -0.2) is 9.97 Å². The number of anilines is 1. The molecule has 0 aromatic carbocycles. The van der Waals surface area contributed by atoms with Gasteiger partial charge >= 0.3 is 0 Å². The summed E-state index contributed by atoms with van der Waals surface area (Å²) < 4.78 is 0. The Balaban J connectivity index is 2.19. The van der Waals surface area contributed by atoms with Crippen molar-refractivity contribution < 1.29 is 0 Å². The minimum absolute atomic E-state index is 0.273. The topological polar surface area (TPSA) is 55.0 Å². The lowest BCUT2D eigenvalue weighted by atomic mass is 10.2. The first-order chi connectivity index (χ1) is 6.29. The highest BCUT2D eigenvalue weighted by Gasteiger charge is 2.28. The van der Waals surface area contributed by atoms with Crippen molar-refractivity contribution in [2.24, 2.45) is 5.73 Å². The fraction of sp³-hybridized carbons (Fsp3) is 0.556. The van der Waals surface area contributed by atoms with E-state index < -0.39 is 0 Å². The van der Waals surface area contributed by atoms with Crippen molar-refractivity contribution in [1.29, 1.82) is 0 Å². The molecule has 2 atom stereocenters. The Labute approximate surface area is 77.8 Å². The minimum atomic E-state index is 0.273. The molecule has 2 unspecified atom stereocenters. The van der Waals surface area contributed by atoms with Crippen LogP contribution in [-0.4, -0.2) is 28.6 Å². The molecule has 1 aromatic rings. The molecular formula is C9H14N4. The molecule has 0 bridgehead atoms. The van der Waals surface area contributed by atoms with Crippen LogP contribution in [0.4, 0.5) is 5.82 Å². The summed E-state index contributed by atoms with van der Waals surface area (Å²) in [5, 5.41) is 0. The van der Waals surface area contributed by atoms with Crippen molar-refractivity contribution in [3.63, 3.8) is 0 Å². The predicted molar refractivity (Wildman–Crippen MR) is 51.4 cm³/mol. The predicted octanol–water partition coefficient (Wildman–Crippen LogP) is 0.402. The van der Waals surface area contributed by atoms with E-state index in [9.17, 15) is 0 Å². The molecule has 13 heavy (non-hydrogen) atoms. The quantitative estimate of drug-likeness (QED) is 0.676. The Morgan fingerprint density at radius 2 is 2.46 bits per heavy atom. The van der Waals surface area contributed by atoms with Crippen molar-refractivity contribution in [2.75, 3.05) is 11.4 Å². The van der Waals surface area contributed by atoms with E-state index in [2.05, 4.69) is 21.8 Å². The Bertz CT molecular complexity index is 274. The molecule has 2 heterocycles. The van der Waals surface area contributed by atoms with E-state index in [1.807, 2.05) is 6.07 Å². The summed E-state index contributed by atoms with van der Waals surface area (Å²) in [6.07, 6.45) is 4.38. The Morgan fingerprint density at radius 1 is 1.62 bits per heavy atom. The zero-order chi connectivity index (χ0) is 9.26. The molecule has 1 saturated heterocycles. The normalized spacial score (nSPS) is 28.0. The van der Waals surface area contributed by atoms with Crippen molar-refractivity contribution in [3.05, 3.63) is 18.6 Å². The molecule has 1 aromatic heterocycles. The summed E-state index contributed by atoms with van der Waals surface area (Å²) in [6.45, 7) is 3.14. The van der Waals surface area contributed by atoms with Gasteiger partial charge in [-0.15, -0.1) is 0 Å². The summed E-state index contributed by atoms with van der Waals surface area (Å²) >= 11 is 0. The van der Waals surface area contributed by atoms with Crippen LogP contribution in [0.15, 0.2) is 18.6 Å². The lowest BCUT2D eigenvalue weighted by Gasteiger charge is -2.23. The Hall–Kier alpha value is -1.16. The maximum absolute atomic E-state index is 5.92. The van der Waals surface area contributed by atoms with Gasteiger partial charge in [-0.2, -0.15) is 0 Å².